The first-order valence-corrected chi connectivity index (χ1v) is 8.45. The fraction of sp³-hybridized carbons (Fsp3) is 0.100. The lowest BCUT2D eigenvalue weighted by Crippen LogP contribution is -2.28. The van der Waals surface area contributed by atoms with Gasteiger partial charge in [0.05, 0.1) is 29.1 Å². The van der Waals surface area contributed by atoms with Crippen molar-refractivity contribution in [2.24, 2.45) is 7.05 Å². The maximum absolute atomic E-state index is 12.4. The molecule has 1 N–H and O–H groups in total. The molecule has 0 spiro atoms. The third-order valence-corrected chi connectivity index (χ3v) is 4.32. The van der Waals surface area contributed by atoms with E-state index in [0.717, 1.165) is 16.6 Å². The number of imidazole rings is 1. The second-order valence-corrected chi connectivity index (χ2v) is 6.13. The van der Waals surface area contributed by atoms with Crippen molar-refractivity contribution in [1.29, 1.82) is 0 Å². The number of hydrogen-bond acceptors (Lipinski definition) is 4. The molecular weight excluding hydrogens is 342 g/mol. The van der Waals surface area contributed by atoms with E-state index in [2.05, 4.69) is 15.3 Å². The first kappa shape index (κ1) is 16.7. The predicted octanol–water partition coefficient (Wildman–Crippen LogP) is 2.44. The van der Waals surface area contributed by atoms with Gasteiger partial charge in [0.25, 0.3) is 0 Å². The molecule has 2 heterocycles. The number of nitrogens with zero attached hydrogens (tertiary/aromatic N) is 4. The zero-order chi connectivity index (χ0) is 18.8. The number of benzene rings is 2. The van der Waals surface area contributed by atoms with Crippen LogP contribution in [0.2, 0.25) is 0 Å². The second kappa shape index (κ2) is 6.87. The first-order chi connectivity index (χ1) is 13.1. The number of aryl methyl sites for hydroxylation is 1. The third kappa shape index (κ3) is 3.22. The van der Waals surface area contributed by atoms with Crippen molar-refractivity contribution in [3.8, 4) is 11.4 Å². The molecule has 27 heavy (non-hydrogen) atoms. The lowest BCUT2D eigenvalue weighted by molar-refractivity contribution is -0.116. The minimum Gasteiger partial charge on any atom is -0.322 e. The fourth-order valence-electron chi connectivity index (χ4n) is 2.99. The van der Waals surface area contributed by atoms with Gasteiger partial charge in [0.2, 0.25) is 5.91 Å². The molecule has 7 heteroatoms. The van der Waals surface area contributed by atoms with Gasteiger partial charge in [0, 0.05) is 12.6 Å². The van der Waals surface area contributed by atoms with Gasteiger partial charge in [-0.1, -0.05) is 42.5 Å². The van der Waals surface area contributed by atoms with Crippen molar-refractivity contribution in [2.45, 2.75) is 6.54 Å². The lowest BCUT2D eigenvalue weighted by Gasteiger charge is -2.06. The summed E-state index contributed by atoms with van der Waals surface area (Å²) in [5.41, 5.74) is 2.65. The highest BCUT2D eigenvalue weighted by atomic mass is 16.2. The molecule has 0 bridgehead atoms. The van der Waals surface area contributed by atoms with Crippen molar-refractivity contribution < 1.29 is 4.79 Å². The first-order valence-electron chi connectivity index (χ1n) is 8.45. The van der Waals surface area contributed by atoms with Gasteiger partial charge in [0.1, 0.15) is 6.54 Å². The molecule has 0 unspecified atom stereocenters. The number of hydrogen-bond donors (Lipinski definition) is 1. The highest BCUT2D eigenvalue weighted by molar-refractivity contribution is 5.91. The SMILES string of the molecule is Cn1c(=O)n(CC(=O)Nc2cnc(-c3ccccc3)nc2)c2ccccc21. The van der Waals surface area contributed by atoms with E-state index in [1.165, 1.54) is 9.13 Å². The smallest absolute Gasteiger partial charge is 0.322 e. The van der Waals surface area contributed by atoms with Crippen LogP contribution in [0.15, 0.2) is 71.8 Å². The van der Waals surface area contributed by atoms with Crippen molar-refractivity contribution in [3.63, 3.8) is 0 Å². The number of carbonyl (C=O) groups is 1. The topological polar surface area (TPSA) is 81.8 Å². The molecule has 4 rings (SSSR count). The highest BCUT2D eigenvalue weighted by Gasteiger charge is 2.13. The normalized spacial score (nSPS) is 10.9. The van der Waals surface area contributed by atoms with Crippen LogP contribution < -0.4 is 11.0 Å². The minimum absolute atomic E-state index is 0.0827. The molecular formula is C20H17N5O2. The highest BCUT2D eigenvalue weighted by Crippen LogP contribution is 2.15. The summed E-state index contributed by atoms with van der Waals surface area (Å²) in [6.07, 6.45) is 3.11. The van der Waals surface area contributed by atoms with Gasteiger partial charge in [-0.2, -0.15) is 0 Å². The van der Waals surface area contributed by atoms with Crippen LogP contribution in [-0.4, -0.2) is 25.0 Å². The number of anilines is 1. The molecule has 7 nitrogen and oxygen atoms in total. The van der Waals surface area contributed by atoms with Gasteiger partial charge in [-0.05, 0) is 12.1 Å². The summed E-state index contributed by atoms with van der Waals surface area (Å²) in [6.45, 7) is -0.0827. The molecule has 0 aliphatic carbocycles. The van der Waals surface area contributed by atoms with Gasteiger partial charge >= 0.3 is 5.69 Å². The Labute approximate surface area is 154 Å². The molecule has 0 saturated heterocycles. The summed E-state index contributed by atoms with van der Waals surface area (Å²) in [5, 5.41) is 2.74. The van der Waals surface area contributed by atoms with E-state index in [4.69, 9.17) is 0 Å². The average molecular weight is 359 g/mol. The molecule has 0 aliphatic heterocycles. The molecule has 134 valence electrons. The number of aromatic nitrogens is 4. The molecule has 0 atom stereocenters. The Morgan fingerprint density at radius 1 is 0.963 bits per heavy atom. The maximum Gasteiger partial charge on any atom is 0.329 e. The quantitative estimate of drug-likeness (QED) is 0.607. The van der Waals surface area contributed by atoms with Crippen LogP contribution in [0.5, 0.6) is 0 Å². The van der Waals surface area contributed by atoms with E-state index in [9.17, 15) is 9.59 Å². The summed E-state index contributed by atoms with van der Waals surface area (Å²) >= 11 is 0. The Morgan fingerprint density at radius 2 is 1.59 bits per heavy atom. The van der Waals surface area contributed by atoms with Crippen LogP contribution in [0.3, 0.4) is 0 Å². The monoisotopic (exact) mass is 359 g/mol. The summed E-state index contributed by atoms with van der Waals surface area (Å²) in [7, 11) is 1.69. The van der Waals surface area contributed by atoms with Gasteiger partial charge in [-0.3, -0.25) is 13.9 Å². The third-order valence-electron chi connectivity index (χ3n) is 4.32. The Hall–Kier alpha value is -3.74. The zero-order valence-corrected chi connectivity index (χ0v) is 14.7. The zero-order valence-electron chi connectivity index (χ0n) is 14.7. The average Bonchev–Trinajstić information content (AvgIpc) is 2.94. The fourth-order valence-corrected chi connectivity index (χ4v) is 2.99. The van der Waals surface area contributed by atoms with E-state index in [-0.39, 0.29) is 18.1 Å². The molecule has 2 aromatic heterocycles. The van der Waals surface area contributed by atoms with E-state index in [1.54, 1.807) is 19.4 Å². The van der Waals surface area contributed by atoms with Gasteiger partial charge < -0.3 is 5.32 Å². The number of amides is 1. The van der Waals surface area contributed by atoms with Gasteiger partial charge in [-0.25, -0.2) is 14.8 Å². The number of rotatable bonds is 4. The van der Waals surface area contributed by atoms with E-state index < -0.39 is 0 Å². The van der Waals surface area contributed by atoms with Crippen LogP contribution in [0, 0.1) is 0 Å². The molecule has 0 radical (unpaired) electrons. The Balaban J connectivity index is 1.52. The van der Waals surface area contributed by atoms with Crippen molar-refractivity contribution in [1.82, 2.24) is 19.1 Å². The molecule has 0 aliphatic rings. The number of carbonyl (C=O) groups excluding carboxylic acids is 1. The number of para-hydroxylation sites is 2. The maximum atomic E-state index is 12.4. The van der Waals surface area contributed by atoms with Crippen molar-refractivity contribution >= 4 is 22.6 Å². The molecule has 4 aromatic rings. The molecule has 2 aromatic carbocycles. The van der Waals surface area contributed by atoms with E-state index in [1.807, 2.05) is 54.6 Å². The summed E-state index contributed by atoms with van der Waals surface area (Å²) in [4.78, 5) is 33.4. The summed E-state index contributed by atoms with van der Waals surface area (Å²) < 4.78 is 2.98. The standard InChI is InChI=1S/C20H17N5O2/c1-24-16-9-5-6-10-17(16)25(20(24)27)13-18(26)23-15-11-21-19(22-12-15)14-7-3-2-4-8-14/h2-12H,13H2,1H3,(H,23,26). The van der Waals surface area contributed by atoms with Crippen LogP contribution in [0.4, 0.5) is 5.69 Å². The van der Waals surface area contributed by atoms with Gasteiger partial charge in [0.15, 0.2) is 5.82 Å². The second-order valence-electron chi connectivity index (χ2n) is 6.13. The molecule has 1 amide bonds. The lowest BCUT2D eigenvalue weighted by atomic mass is 10.2. The summed E-state index contributed by atoms with van der Waals surface area (Å²) in [5.74, 6) is 0.267. The molecule has 0 fully saturated rings. The summed E-state index contributed by atoms with van der Waals surface area (Å²) in [6, 6.07) is 17.0. The Morgan fingerprint density at radius 3 is 2.30 bits per heavy atom. The van der Waals surface area contributed by atoms with Crippen LogP contribution in [-0.2, 0) is 18.4 Å². The molecule has 0 saturated carbocycles. The number of nitrogens with one attached hydrogen (secondary N) is 1. The van der Waals surface area contributed by atoms with Crippen molar-refractivity contribution in [2.75, 3.05) is 5.32 Å². The van der Waals surface area contributed by atoms with Crippen LogP contribution in [0.25, 0.3) is 22.4 Å². The van der Waals surface area contributed by atoms with E-state index >= 15 is 0 Å². The Bertz CT molecular complexity index is 1160. The largest absolute Gasteiger partial charge is 0.329 e. The van der Waals surface area contributed by atoms with Crippen molar-refractivity contribution in [3.05, 3.63) is 77.5 Å². The van der Waals surface area contributed by atoms with Crippen LogP contribution >= 0.6 is 0 Å². The number of fused-ring (bicyclic) bond motifs is 1. The van der Waals surface area contributed by atoms with E-state index in [0.29, 0.717) is 11.5 Å². The minimum atomic E-state index is -0.315. The predicted molar refractivity (Wildman–Crippen MR) is 103 cm³/mol. The van der Waals surface area contributed by atoms with Gasteiger partial charge in [-0.15, -0.1) is 0 Å². The van der Waals surface area contributed by atoms with Crippen LogP contribution in [0.1, 0.15) is 0 Å². The Kier molecular flexibility index (Phi) is 4.25.